The Hall–Kier alpha value is -4.37. The van der Waals surface area contributed by atoms with Crippen LogP contribution in [0.25, 0.3) is 22.3 Å². The molecule has 0 atom stereocenters. The lowest BCUT2D eigenvalue weighted by atomic mass is 9.95. The number of nitrogens with zero attached hydrogens (tertiary/aromatic N) is 1. The molecule has 4 aromatic carbocycles. The highest BCUT2D eigenvalue weighted by atomic mass is 16.5. The van der Waals surface area contributed by atoms with E-state index in [0.29, 0.717) is 19.0 Å². The molecule has 0 saturated carbocycles. The topological polar surface area (TPSA) is 31.4 Å². The van der Waals surface area contributed by atoms with Crippen LogP contribution in [0.1, 0.15) is 23.6 Å². The van der Waals surface area contributed by atoms with Gasteiger partial charge in [0.05, 0.1) is 0 Å². The van der Waals surface area contributed by atoms with Crippen LogP contribution >= 0.6 is 0 Å². The van der Waals surface area contributed by atoms with Crippen LogP contribution in [0.2, 0.25) is 0 Å². The molecule has 1 aromatic heterocycles. The molecule has 5 aromatic rings. The molecule has 5 rings (SSSR count). The van der Waals surface area contributed by atoms with Gasteiger partial charge in [0, 0.05) is 18.0 Å². The van der Waals surface area contributed by atoms with Gasteiger partial charge in [-0.15, -0.1) is 0 Å². The van der Waals surface area contributed by atoms with E-state index in [9.17, 15) is 0 Å². The third-order valence-electron chi connectivity index (χ3n) is 6.22. The van der Waals surface area contributed by atoms with E-state index in [1.807, 2.05) is 54.9 Å². The number of pyridine rings is 1. The predicted molar refractivity (Wildman–Crippen MR) is 146 cm³/mol. The minimum atomic E-state index is 0.463. The van der Waals surface area contributed by atoms with Gasteiger partial charge in [0.15, 0.2) is 11.5 Å². The highest BCUT2D eigenvalue weighted by Crippen LogP contribution is 2.37. The Morgan fingerprint density at radius 1 is 0.556 bits per heavy atom. The number of hydrogen-bond acceptors (Lipinski definition) is 3. The van der Waals surface area contributed by atoms with Crippen molar-refractivity contribution < 1.29 is 9.47 Å². The highest BCUT2D eigenvalue weighted by Gasteiger charge is 2.13. The number of benzene rings is 4. The van der Waals surface area contributed by atoms with Crippen molar-refractivity contribution >= 4 is 0 Å². The maximum Gasteiger partial charge on any atom is 0.162 e. The first-order valence-electron chi connectivity index (χ1n) is 12.3. The van der Waals surface area contributed by atoms with Gasteiger partial charge in [-0.05, 0) is 58.0 Å². The van der Waals surface area contributed by atoms with Crippen molar-refractivity contribution in [1.82, 2.24) is 4.98 Å². The van der Waals surface area contributed by atoms with Gasteiger partial charge in [-0.3, -0.25) is 4.98 Å². The first-order chi connectivity index (χ1) is 17.8. The second-order valence-corrected chi connectivity index (χ2v) is 8.68. The van der Waals surface area contributed by atoms with Crippen LogP contribution < -0.4 is 9.47 Å². The average molecular weight is 472 g/mol. The Morgan fingerprint density at radius 2 is 1.17 bits per heavy atom. The van der Waals surface area contributed by atoms with E-state index >= 15 is 0 Å². The molecule has 3 nitrogen and oxygen atoms in total. The molecular formula is C33H29NO2. The molecule has 0 spiro atoms. The summed E-state index contributed by atoms with van der Waals surface area (Å²) >= 11 is 0. The number of ether oxygens (including phenoxy) is 2. The Kier molecular flexibility index (Phi) is 7.38. The van der Waals surface area contributed by atoms with Crippen LogP contribution in [0.5, 0.6) is 11.5 Å². The van der Waals surface area contributed by atoms with Gasteiger partial charge in [-0.2, -0.15) is 0 Å². The number of hydrogen-bond donors (Lipinski definition) is 0. The zero-order chi connectivity index (χ0) is 24.6. The first kappa shape index (κ1) is 23.4. The maximum atomic E-state index is 6.30. The fourth-order valence-corrected chi connectivity index (χ4v) is 4.17. The molecule has 0 radical (unpaired) electrons. The summed E-state index contributed by atoms with van der Waals surface area (Å²) in [5.41, 5.74) is 7.94. The third kappa shape index (κ3) is 5.64. The average Bonchev–Trinajstić information content (AvgIpc) is 2.96. The minimum absolute atomic E-state index is 0.463. The smallest absolute Gasteiger partial charge is 0.162 e. The number of rotatable bonds is 9. The van der Waals surface area contributed by atoms with E-state index in [1.165, 1.54) is 11.1 Å². The zero-order valence-electron chi connectivity index (χ0n) is 20.4. The lowest BCUT2D eigenvalue weighted by Gasteiger charge is -2.16. The SMILES string of the molecule is CCc1ccc(-c2ccncc2-c2ccc(OCc3ccccc3)c(OCc3ccccc3)c2)cc1. The predicted octanol–water partition coefficient (Wildman–Crippen LogP) is 8.14. The van der Waals surface area contributed by atoms with E-state index in [1.54, 1.807) is 0 Å². The van der Waals surface area contributed by atoms with Gasteiger partial charge in [-0.25, -0.2) is 0 Å². The van der Waals surface area contributed by atoms with E-state index in [4.69, 9.17) is 9.47 Å². The summed E-state index contributed by atoms with van der Waals surface area (Å²) in [6.45, 7) is 3.11. The lowest BCUT2D eigenvalue weighted by molar-refractivity contribution is 0.256. The van der Waals surface area contributed by atoms with Crippen LogP contribution in [0.3, 0.4) is 0 Å². The first-order valence-corrected chi connectivity index (χ1v) is 12.3. The summed E-state index contributed by atoms with van der Waals surface area (Å²) in [4.78, 5) is 4.43. The van der Waals surface area contributed by atoms with Gasteiger partial charge in [0.1, 0.15) is 13.2 Å². The summed E-state index contributed by atoms with van der Waals surface area (Å²) in [6, 6.07) is 37.3. The Morgan fingerprint density at radius 3 is 1.81 bits per heavy atom. The lowest BCUT2D eigenvalue weighted by Crippen LogP contribution is -2.01. The summed E-state index contributed by atoms with van der Waals surface area (Å²) in [5.74, 6) is 1.43. The van der Waals surface area contributed by atoms with E-state index < -0.39 is 0 Å². The number of aromatic nitrogens is 1. The third-order valence-corrected chi connectivity index (χ3v) is 6.22. The summed E-state index contributed by atoms with van der Waals surface area (Å²) in [5, 5.41) is 0. The Balaban J connectivity index is 1.48. The van der Waals surface area contributed by atoms with E-state index in [-0.39, 0.29) is 0 Å². The van der Waals surface area contributed by atoms with Crippen LogP contribution in [0, 0.1) is 0 Å². The number of aryl methyl sites for hydroxylation is 1. The molecule has 0 bridgehead atoms. The Bertz CT molecular complexity index is 1400. The quantitative estimate of drug-likeness (QED) is 0.217. The van der Waals surface area contributed by atoms with Gasteiger partial charge in [0.2, 0.25) is 0 Å². The van der Waals surface area contributed by atoms with E-state index in [0.717, 1.165) is 40.0 Å². The van der Waals surface area contributed by atoms with Crippen LogP contribution in [0.15, 0.2) is 122 Å². The molecule has 1 heterocycles. The molecule has 0 saturated heterocycles. The molecule has 178 valence electrons. The molecule has 0 aliphatic carbocycles. The normalized spacial score (nSPS) is 10.7. The fourth-order valence-electron chi connectivity index (χ4n) is 4.17. The molecule has 0 unspecified atom stereocenters. The van der Waals surface area contributed by atoms with Crippen molar-refractivity contribution in [3.63, 3.8) is 0 Å². The maximum absolute atomic E-state index is 6.30. The molecule has 0 N–H and O–H groups in total. The van der Waals surface area contributed by atoms with Crippen LogP contribution in [0.4, 0.5) is 0 Å². The molecule has 0 fully saturated rings. The van der Waals surface area contributed by atoms with Crippen molar-refractivity contribution in [3.8, 4) is 33.8 Å². The van der Waals surface area contributed by atoms with Crippen molar-refractivity contribution in [3.05, 3.63) is 138 Å². The van der Waals surface area contributed by atoms with E-state index in [2.05, 4.69) is 78.6 Å². The molecular weight excluding hydrogens is 442 g/mol. The molecule has 0 amide bonds. The zero-order valence-corrected chi connectivity index (χ0v) is 20.4. The van der Waals surface area contributed by atoms with Crippen molar-refractivity contribution in [2.24, 2.45) is 0 Å². The van der Waals surface area contributed by atoms with Crippen molar-refractivity contribution in [1.29, 1.82) is 0 Å². The second kappa shape index (κ2) is 11.4. The van der Waals surface area contributed by atoms with Crippen LogP contribution in [-0.4, -0.2) is 4.98 Å². The minimum Gasteiger partial charge on any atom is -0.485 e. The van der Waals surface area contributed by atoms with Gasteiger partial charge >= 0.3 is 0 Å². The van der Waals surface area contributed by atoms with Gasteiger partial charge < -0.3 is 9.47 Å². The Labute approximate surface area is 213 Å². The molecule has 3 heteroatoms. The second-order valence-electron chi connectivity index (χ2n) is 8.68. The largest absolute Gasteiger partial charge is 0.485 e. The van der Waals surface area contributed by atoms with Crippen molar-refractivity contribution in [2.45, 2.75) is 26.6 Å². The molecule has 0 aliphatic rings. The van der Waals surface area contributed by atoms with Crippen LogP contribution in [-0.2, 0) is 19.6 Å². The van der Waals surface area contributed by atoms with Gasteiger partial charge in [0.25, 0.3) is 0 Å². The standard InChI is InChI=1S/C33H29NO2/c1-2-25-13-15-28(16-14-25)30-19-20-34-22-31(30)29-17-18-32(35-23-26-9-5-3-6-10-26)33(21-29)36-24-27-11-7-4-8-12-27/h3-22H,2,23-24H2,1H3. The summed E-state index contributed by atoms with van der Waals surface area (Å²) < 4.78 is 12.5. The highest BCUT2D eigenvalue weighted by molar-refractivity contribution is 5.83. The monoisotopic (exact) mass is 471 g/mol. The summed E-state index contributed by atoms with van der Waals surface area (Å²) in [7, 11) is 0. The molecule has 0 aliphatic heterocycles. The summed E-state index contributed by atoms with van der Waals surface area (Å²) in [6.07, 6.45) is 4.79. The molecule has 36 heavy (non-hydrogen) atoms. The fraction of sp³-hybridized carbons (Fsp3) is 0.121. The van der Waals surface area contributed by atoms with Crippen molar-refractivity contribution in [2.75, 3.05) is 0 Å². The van der Waals surface area contributed by atoms with Gasteiger partial charge in [-0.1, -0.05) is 97.9 Å².